The van der Waals surface area contributed by atoms with Gasteiger partial charge in [0.1, 0.15) is 5.69 Å². The van der Waals surface area contributed by atoms with Gasteiger partial charge in [-0.2, -0.15) is 13.5 Å². The number of rotatable bonds is 14. The second kappa shape index (κ2) is 13.6. The highest BCUT2D eigenvalue weighted by Crippen LogP contribution is 2.45. The first-order valence-electron chi connectivity index (χ1n) is 10.1. The number of fused-ring (bicyclic) bond motifs is 1. The zero-order valence-electron chi connectivity index (χ0n) is 19.5. The minimum Gasteiger partial charge on any atom is -0.505 e. The highest BCUT2D eigenvalue weighted by Gasteiger charge is 2.22. The van der Waals surface area contributed by atoms with Crippen molar-refractivity contribution in [2.24, 2.45) is 10.2 Å². The van der Waals surface area contributed by atoms with Crippen molar-refractivity contribution in [2.45, 2.75) is 9.79 Å². The summed E-state index contributed by atoms with van der Waals surface area (Å²) in [6, 6.07) is 12.0. The lowest BCUT2D eigenvalue weighted by molar-refractivity contribution is -0.432. The summed E-state index contributed by atoms with van der Waals surface area (Å²) < 4.78 is 69.0. The molecular weight excluding hydrogens is 606 g/mol. The normalized spacial score (nSPS) is 12.4. The van der Waals surface area contributed by atoms with E-state index in [0.717, 1.165) is 16.3 Å². The summed E-state index contributed by atoms with van der Waals surface area (Å²) in [5.74, 6) is -1.18. The Balaban J connectivity index is 1.96. The quantitative estimate of drug-likeness (QED) is 0.0640. The van der Waals surface area contributed by atoms with Crippen LogP contribution in [-0.4, -0.2) is 56.4 Å². The molecule has 3 rings (SSSR count). The molecule has 0 bridgehead atoms. The van der Waals surface area contributed by atoms with E-state index >= 15 is 0 Å². The number of azo groups is 1. The van der Waals surface area contributed by atoms with Crippen LogP contribution in [-0.2, 0) is 43.3 Å². The van der Waals surface area contributed by atoms with Gasteiger partial charge < -0.3 is 5.11 Å². The van der Waals surface area contributed by atoms with Crippen LogP contribution in [0, 0.1) is 0 Å². The number of nitrogens with zero attached hydrogens (tertiary/aromatic N) is 3. The van der Waals surface area contributed by atoms with Crippen LogP contribution in [0.15, 0.2) is 68.6 Å². The molecule has 16 nitrogen and oxygen atoms in total. The van der Waals surface area contributed by atoms with E-state index in [1.165, 1.54) is 31.3 Å². The molecule has 39 heavy (non-hydrogen) atoms. The van der Waals surface area contributed by atoms with Crippen LogP contribution in [0.1, 0.15) is 0 Å². The average Bonchev–Trinajstić information content (AvgIpc) is 2.89. The Bertz CT molecular complexity index is 1530. The summed E-state index contributed by atoms with van der Waals surface area (Å²) in [5.41, 5.74) is 0.347. The number of hydrogen-bond donors (Lipinski definition) is 4. The smallest absolute Gasteiger partial charge is 0.397 e. The van der Waals surface area contributed by atoms with Gasteiger partial charge in [0.05, 0.1) is 52.7 Å². The Morgan fingerprint density at radius 2 is 1.59 bits per heavy atom. The third kappa shape index (κ3) is 8.69. The fourth-order valence-electron chi connectivity index (χ4n) is 3.01. The van der Waals surface area contributed by atoms with Gasteiger partial charge in [0.25, 0.3) is 0 Å². The van der Waals surface area contributed by atoms with Crippen LogP contribution >= 0.6 is 24.1 Å². The van der Waals surface area contributed by atoms with Gasteiger partial charge in [-0.25, -0.2) is 23.1 Å². The van der Waals surface area contributed by atoms with E-state index in [1.54, 1.807) is 24.3 Å². The Kier molecular flexibility index (Phi) is 10.8. The number of phenols is 1. The Hall–Kier alpha value is -2.60. The molecule has 20 heteroatoms. The molecule has 0 fully saturated rings. The average molecular weight is 626 g/mol. The molecule has 0 spiro atoms. The number of aromatic hydroxyl groups is 1. The number of phenolic OH excluding ortho intramolecular Hbond substituents is 1. The zero-order chi connectivity index (χ0) is 28.6. The van der Waals surface area contributed by atoms with Gasteiger partial charge in [0.15, 0.2) is 5.75 Å². The Labute approximate surface area is 229 Å². The third-order valence-electron chi connectivity index (χ3n) is 4.81. The second-order valence-corrected chi connectivity index (χ2v) is 11.9. The van der Waals surface area contributed by atoms with Gasteiger partial charge in [-0.15, -0.1) is 13.8 Å². The molecule has 0 unspecified atom stereocenters. The molecule has 3 aromatic carbocycles. The molecule has 0 radical (unpaired) electrons. The van der Waals surface area contributed by atoms with Crippen LogP contribution in [0.25, 0.3) is 10.8 Å². The molecule has 0 aliphatic rings. The van der Waals surface area contributed by atoms with E-state index in [2.05, 4.69) is 33.2 Å². The molecule has 212 valence electrons. The van der Waals surface area contributed by atoms with Crippen molar-refractivity contribution in [2.75, 3.05) is 23.7 Å². The Morgan fingerprint density at radius 1 is 0.923 bits per heavy atom. The predicted octanol–water partition coefficient (Wildman–Crippen LogP) is 4.40. The fourth-order valence-corrected chi connectivity index (χ4v) is 5.26. The van der Waals surface area contributed by atoms with E-state index in [9.17, 15) is 21.9 Å². The second-order valence-electron chi connectivity index (χ2n) is 7.16. The maximum absolute atomic E-state index is 12.6. The third-order valence-corrected chi connectivity index (χ3v) is 8.21. The first-order valence-corrected chi connectivity index (χ1v) is 14.6. The lowest BCUT2D eigenvalue weighted by Crippen LogP contribution is -2.31. The monoisotopic (exact) mass is 625 g/mol. The van der Waals surface area contributed by atoms with Gasteiger partial charge in [0.2, 0.25) is 10.0 Å². The lowest BCUT2D eigenvalue weighted by atomic mass is 10.1. The van der Waals surface area contributed by atoms with Gasteiger partial charge in [-0.05, 0) is 47.9 Å². The molecule has 0 saturated carbocycles. The molecule has 0 aliphatic carbocycles. The van der Waals surface area contributed by atoms with E-state index < -0.39 is 38.5 Å². The summed E-state index contributed by atoms with van der Waals surface area (Å²) in [6.45, 7) is -0.815. The summed E-state index contributed by atoms with van der Waals surface area (Å²) >= 11 is 1.25. The maximum atomic E-state index is 12.6. The van der Waals surface area contributed by atoms with E-state index in [0.29, 0.717) is 28.0 Å². The van der Waals surface area contributed by atoms with E-state index in [-0.39, 0.29) is 21.7 Å². The van der Waals surface area contributed by atoms with Crippen molar-refractivity contribution >= 4 is 72.3 Å². The first-order chi connectivity index (χ1) is 18.4. The molecular formula is C19H19N3O13S4. The predicted molar refractivity (Wildman–Crippen MR) is 137 cm³/mol. The lowest BCUT2D eigenvalue weighted by Gasteiger charge is -2.20. The molecule has 4 N–H and O–H groups in total. The number of sulfonamides is 1. The molecule has 0 atom stereocenters. The zero-order valence-corrected chi connectivity index (χ0v) is 22.7. The van der Waals surface area contributed by atoms with E-state index in [4.69, 9.17) is 15.1 Å². The van der Waals surface area contributed by atoms with Gasteiger partial charge >= 0.3 is 10.4 Å². The Morgan fingerprint density at radius 3 is 2.23 bits per heavy atom. The van der Waals surface area contributed by atoms with E-state index in [1.807, 2.05) is 0 Å². The standard InChI is InChI=1S/C19H19N3O13S4/c1-22(38(26,27)9-8-31-39(28,29)30)14-5-2-12-10-17(37-35-33-25)18(19(23)16(12)11-14)21-20-13-3-6-15(7-4-13)36-34-32-24/h2-7,10-11,23-25H,8-9H2,1H3,(H,28,29,30). The van der Waals surface area contributed by atoms with Gasteiger partial charge in [0, 0.05) is 17.3 Å². The summed E-state index contributed by atoms with van der Waals surface area (Å²) in [6.07, 6.45) is 0. The van der Waals surface area contributed by atoms with Gasteiger partial charge in [-0.3, -0.25) is 8.86 Å². The van der Waals surface area contributed by atoms with Crippen molar-refractivity contribution in [1.82, 2.24) is 0 Å². The van der Waals surface area contributed by atoms with Crippen molar-refractivity contribution in [3.05, 3.63) is 48.5 Å². The van der Waals surface area contributed by atoms with Crippen molar-refractivity contribution in [3.63, 3.8) is 0 Å². The molecule has 0 aliphatic heterocycles. The van der Waals surface area contributed by atoms with Gasteiger partial charge in [-0.1, -0.05) is 16.1 Å². The van der Waals surface area contributed by atoms with Crippen molar-refractivity contribution in [1.29, 1.82) is 0 Å². The van der Waals surface area contributed by atoms with Crippen LogP contribution in [0.2, 0.25) is 0 Å². The van der Waals surface area contributed by atoms with Crippen LogP contribution in [0.4, 0.5) is 17.1 Å². The van der Waals surface area contributed by atoms with Crippen molar-refractivity contribution < 1.29 is 59.9 Å². The van der Waals surface area contributed by atoms with Crippen LogP contribution in [0.3, 0.4) is 0 Å². The SMILES string of the molecule is CN(c1ccc2cc(SOOO)c(N=Nc3ccc(SOOO)cc3)c(O)c2c1)S(=O)(=O)CCOS(=O)(=O)O. The summed E-state index contributed by atoms with van der Waals surface area (Å²) in [7, 11) is -7.70. The number of benzene rings is 3. The fraction of sp³-hybridized carbons (Fsp3) is 0.158. The number of anilines is 1. The molecule has 0 aromatic heterocycles. The highest BCUT2D eigenvalue weighted by atomic mass is 32.3. The molecule has 0 saturated heterocycles. The first kappa shape index (κ1) is 30.9. The summed E-state index contributed by atoms with van der Waals surface area (Å²) in [4.78, 5) is 0.743. The largest absolute Gasteiger partial charge is 0.505 e. The maximum Gasteiger partial charge on any atom is 0.397 e. The molecule has 0 heterocycles. The number of hydrogen-bond acceptors (Lipinski definition) is 16. The minimum atomic E-state index is -4.81. The minimum absolute atomic E-state index is 0.102. The highest BCUT2D eigenvalue weighted by molar-refractivity contribution is 7.95. The molecule has 0 amide bonds. The molecule has 3 aromatic rings. The topological polar surface area (TPSA) is 223 Å². The van der Waals surface area contributed by atoms with Crippen LogP contribution < -0.4 is 4.31 Å². The summed E-state index contributed by atoms with van der Waals surface area (Å²) in [5, 5.41) is 43.7. The van der Waals surface area contributed by atoms with Crippen molar-refractivity contribution in [3.8, 4) is 5.75 Å². The van der Waals surface area contributed by atoms with Crippen LogP contribution in [0.5, 0.6) is 5.75 Å².